The average molecular weight is 629 g/mol. The van der Waals surface area contributed by atoms with Crippen LogP contribution < -0.4 is 20.9 Å². The molecule has 0 fully saturated rings. The van der Waals surface area contributed by atoms with Gasteiger partial charge in [-0.3, -0.25) is 4.79 Å². The number of nitrogens with zero attached hydrogens (tertiary/aromatic N) is 5. The second-order valence-electron chi connectivity index (χ2n) is 11.4. The van der Waals surface area contributed by atoms with Crippen LogP contribution in [0.5, 0.6) is 5.75 Å². The largest absolute Gasteiger partial charge is 0.495 e. The van der Waals surface area contributed by atoms with Gasteiger partial charge in [0.2, 0.25) is 16.0 Å². The van der Waals surface area contributed by atoms with E-state index in [1.165, 1.54) is 34.1 Å². The third-order valence-corrected chi connectivity index (χ3v) is 10.1. The molecule has 0 aliphatic carbocycles. The first-order chi connectivity index (χ1) is 21.5. The topological polar surface area (TPSA) is 137 Å². The van der Waals surface area contributed by atoms with Crippen molar-refractivity contribution in [3.05, 3.63) is 81.9 Å². The highest BCUT2D eigenvalue weighted by molar-refractivity contribution is 7.89. The Hall–Kier alpha value is -4.72. The van der Waals surface area contributed by atoms with Crippen LogP contribution in [0.3, 0.4) is 0 Å². The first kappa shape index (κ1) is 30.3. The highest BCUT2D eigenvalue weighted by atomic mass is 32.2. The van der Waals surface area contributed by atoms with Gasteiger partial charge in [-0.1, -0.05) is 12.1 Å². The van der Waals surface area contributed by atoms with Crippen LogP contribution in [-0.4, -0.2) is 71.9 Å². The quantitative estimate of drug-likeness (QED) is 0.229. The van der Waals surface area contributed by atoms with Crippen molar-refractivity contribution < 1.29 is 13.2 Å². The molecule has 0 spiro atoms. The van der Waals surface area contributed by atoms with Gasteiger partial charge in [-0.2, -0.15) is 9.97 Å². The molecule has 12 nitrogen and oxygen atoms in total. The van der Waals surface area contributed by atoms with Gasteiger partial charge in [0.05, 0.1) is 23.9 Å². The lowest BCUT2D eigenvalue weighted by Crippen LogP contribution is -2.26. The zero-order valence-electron chi connectivity index (χ0n) is 26.1. The Kier molecular flexibility index (Phi) is 7.85. The van der Waals surface area contributed by atoms with Crippen molar-refractivity contribution in [1.29, 1.82) is 0 Å². The molecule has 45 heavy (non-hydrogen) atoms. The minimum absolute atomic E-state index is 0.0959. The second-order valence-corrected chi connectivity index (χ2v) is 13.6. The molecule has 0 saturated heterocycles. The number of sulfonamides is 1. The van der Waals surface area contributed by atoms with Gasteiger partial charge in [-0.05, 0) is 67.4 Å². The fourth-order valence-corrected chi connectivity index (χ4v) is 6.72. The summed E-state index contributed by atoms with van der Waals surface area (Å²) < 4.78 is 34.9. The number of benzene rings is 2. The van der Waals surface area contributed by atoms with Gasteiger partial charge >= 0.3 is 0 Å². The van der Waals surface area contributed by atoms with Gasteiger partial charge in [-0.25, -0.2) is 12.7 Å². The molecule has 0 saturated carbocycles. The standard InChI is InChI=1S/C32H36N8O4S/c1-19-22(12-14-40(5)31(19)41)23-17-33-29-28(23)30(34-24-9-7-8-10-27(24)45(42,43)38(2)3)37-32(36-29)35-25-15-21-18-39(4)13-11-20(21)16-26(25)44-6/h7-10,12,14-17H,11,13,18H2,1-6H3,(H3,33,34,35,36,37). The number of nitrogens with one attached hydrogen (secondary N) is 3. The molecule has 0 bridgehead atoms. The second kappa shape index (κ2) is 11.7. The van der Waals surface area contributed by atoms with Crippen molar-refractivity contribution in [1.82, 2.24) is 28.7 Å². The number of pyridine rings is 1. The number of hydrogen-bond donors (Lipinski definition) is 3. The maximum absolute atomic E-state index is 13.3. The van der Waals surface area contributed by atoms with Crippen molar-refractivity contribution >= 4 is 44.2 Å². The molecule has 2 aromatic carbocycles. The maximum Gasteiger partial charge on any atom is 0.253 e. The summed E-state index contributed by atoms with van der Waals surface area (Å²) in [5, 5.41) is 7.24. The van der Waals surface area contributed by atoms with E-state index in [2.05, 4.69) is 39.7 Å². The van der Waals surface area contributed by atoms with Crippen LogP contribution in [0.1, 0.15) is 16.7 Å². The lowest BCUT2D eigenvalue weighted by Gasteiger charge is -2.26. The summed E-state index contributed by atoms with van der Waals surface area (Å²) in [4.78, 5) is 28.1. The van der Waals surface area contributed by atoms with Crippen molar-refractivity contribution in [3.63, 3.8) is 0 Å². The van der Waals surface area contributed by atoms with Gasteiger partial charge in [0, 0.05) is 57.8 Å². The molecular weight excluding hydrogens is 592 g/mol. The van der Waals surface area contributed by atoms with Gasteiger partial charge < -0.3 is 29.8 Å². The Labute approximate surface area is 261 Å². The molecule has 0 unspecified atom stereocenters. The number of H-pyrrole nitrogens is 1. The molecule has 3 N–H and O–H groups in total. The molecule has 0 amide bonds. The smallest absolute Gasteiger partial charge is 0.253 e. The molecule has 0 atom stereocenters. The van der Waals surface area contributed by atoms with Gasteiger partial charge in [0.15, 0.2) is 0 Å². The summed E-state index contributed by atoms with van der Waals surface area (Å²) in [6.45, 7) is 3.57. The SMILES string of the molecule is COc1cc2c(cc1Nc1nc(Nc3ccccc3S(=O)(=O)N(C)C)c3c(-c4ccn(C)c(=O)c4C)c[nH]c3n1)CN(C)CC2. The number of fused-ring (bicyclic) bond motifs is 2. The number of likely N-dealkylation sites (N-methyl/N-ethyl adjacent to an activating group) is 1. The lowest BCUT2D eigenvalue weighted by molar-refractivity contribution is 0.312. The number of methoxy groups -OCH3 is 1. The zero-order chi connectivity index (χ0) is 32.0. The van der Waals surface area contributed by atoms with Crippen LogP contribution in [0.25, 0.3) is 22.2 Å². The Bertz CT molecular complexity index is 2100. The number of aromatic nitrogens is 4. The minimum atomic E-state index is -3.79. The van der Waals surface area contributed by atoms with Crippen LogP contribution in [0, 0.1) is 6.92 Å². The van der Waals surface area contributed by atoms with E-state index in [-0.39, 0.29) is 16.4 Å². The maximum atomic E-state index is 13.3. The van der Waals surface area contributed by atoms with Gasteiger partial charge in [-0.15, -0.1) is 0 Å². The Morgan fingerprint density at radius 3 is 2.53 bits per heavy atom. The first-order valence-electron chi connectivity index (χ1n) is 14.5. The molecule has 1 aliphatic heterocycles. The first-order valence-corrected chi connectivity index (χ1v) is 15.9. The average Bonchev–Trinajstić information content (AvgIpc) is 3.43. The van der Waals surface area contributed by atoms with E-state index < -0.39 is 10.0 Å². The van der Waals surface area contributed by atoms with Crippen molar-refractivity contribution in [2.45, 2.75) is 24.8 Å². The van der Waals surface area contributed by atoms with Crippen molar-refractivity contribution in [2.75, 3.05) is 45.4 Å². The highest BCUT2D eigenvalue weighted by Gasteiger charge is 2.24. The number of aromatic amines is 1. The number of para-hydroxylation sites is 1. The molecule has 13 heteroatoms. The third kappa shape index (κ3) is 5.54. The van der Waals surface area contributed by atoms with E-state index in [9.17, 15) is 13.2 Å². The summed E-state index contributed by atoms with van der Waals surface area (Å²) in [6.07, 6.45) is 4.43. The van der Waals surface area contributed by atoms with Crippen LogP contribution in [0.15, 0.2) is 64.5 Å². The van der Waals surface area contributed by atoms with Crippen LogP contribution in [0.2, 0.25) is 0 Å². The summed E-state index contributed by atoms with van der Waals surface area (Å²) in [5.41, 5.74) is 5.85. The van der Waals surface area contributed by atoms with Crippen LogP contribution in [-0.2, 0) is 30.0 Å². The monoisotopic (exact) mass is 628 g/mol. The molecule has 1 aliphatic rings. The van der Waals surface area contributed by atoms with Crippen LogP contribution in [0.4, 0.5) is 23.1 Å². The number of ether oxygens (including phenoxy) is 1. The predicted molar refractivity (Wildman–Crippen MR) is 176 cm³/mol. The van der Waals surface area contributed by atoms with Gasteiger partial charge in [0.1, 0.15) is 22.1 Å². The van der Waals surface area contributed by atoms with E-state index >= 15 is 0 Å². The molecule has 3 aromatic heterocycles. The number of aryl methyl sites for hydroxylation is 1. The molecule has 6 rings (SSSR count). The number of hydrogen-bond acceptors (Lipinski definition) is 9. The van der Waals surface area contributed by atoms with E-state index in [0.29, 0.717) is 50.7 Å². The molecular formula is C32H36N8O4S. The summed E-state index contributed by atoms with van der Waals surface area (Å²) in [6, 6.07) is 12.7. The summed E-state index contributed by atoms with van der Waals surface area (Å²) in [7, 11) is 4.62. The fourth-order valence-electron chi connectivity index (χ4n) is 5.68. The van der Waals surface area contributed by atoms with E-state index in [0.717, 1.165) is 19.5 Å². The minimum Gasteiger partial charge on any atom is -0.495 e. The predicted octanol–water partition coefficient (Wildman–Crippen LogP) is 4.37. The fraction of sp³-hybridized carbons (Fsp3) is 0.281. The van der Waals surface area contributed by atoms with E-state index in [4.69, 9.17) is 14.7 Å². The lowest BCUT2D eigenvalue weighted by atomic mass is 9.99. The van der Waals surface area contributed by atoms with Crippen LogP contribution >= 0.6 is 0 Å². The van der Waals surface area contributed by atoms with E-state index in [1.807, 2.05) is 6.07 Å². The zero-order valence-corrected chi connectivity index (χ0v) is 26.9. The van der Waals surface area contributed by atoms with E-state index in [1.54, 1.807) is 57.7 Å². The number of rotatable bonds is 8. The Morgan fingerprint density at radius 2 is 1.78 bits per heavy atom. The molecule has 0 radical (unpaired) electrons. The van der Waals surface area contributed by atoms with Crippen molar-refractivity contribution in [3.8, 4) is 16.9 Å². The third-order valence-electron chi connectivity index (χ3n) is 8.20. The Morgan fingerprint density at radius 1 is 1.00 bits per heavy atom. The highest BCUT2D eigenvalue weighted by Crippen LogP contribution is 2.38. The molecule has 234 valence electrons. The Balaban J connectivity index is 1.53. The number of anilines is 4. The summed E-state index contributed by atoms with van der Waals surface area (Å²) in [5.74, 6) is 1.30. The molecule has 4 heterocycles. The molecule has 5 aromatic rings. The summed E-state index contributed by atoms with van der Waals surface area (Å²) >= 11 is 0. The normalized spacial score (nSPS) is 13.7. The van der Waals surface area contributed by atoms with Gasteiger partial charge in [0.25, 0.3) is 5.56 Å². The van der Waals surface area contributed by atoms with Crippen molar-refractivity contribution in [2.24, 2.45) is 7.05 Å².